The Morgan fingerprint density at radius 1 is 1.32 bits per heavy atom. The molecule has 0 spiro atoms. The maximum Gasteiger partial charge on any atom is 0.307 e. The van der Waals surface area contributed by atoms with Gasteiger partial charge in [0.25, 0.3) is 0 Å². The van der Waals surface area contributed by atoms with E-state index in [1.54, 1.807) is 0 Å². The molecule has 110 valence electrons. The van der Waals surface area contributed by atoms with Crippen LogP contribution in [0.15, 0.2) is 0 Å². The Balaban J connectivity index is 2.16. The second-order valence-corrected chi connectivity index (χ2v) is 5.37. The van der Waals surface area contributed by atoms with E-state index in [0.717, 1.165) is 32.5 Å². The summed E-state index contributed by atoms with van der Waals surface area (Å²) in [4.78, 5) is 24.8. The van der Waals surface area contributed by atoms with Gasteiger partial charge < -0.3 is 15.3 Å². The van der Waals surface area contributed by atoms with Crippen molar-refractivity contribution in [2.24, 2.45) is 11.8 Å². The van der Waals surface area contributed by atoms with Gasteiger partial charge >= 0.3 is 5.97 Å². The summed E-state index contributed by atoms with van der Waals surface area (Å²) >= 11 is 0. The van der Waals surface area contributed by atoms with E-state index >= 15 is 0 Å². The smallest absolute Gasteiger partial charge is 0.307 e. The zero-order valence-corrected chi connectivity index (χ0v) is 12.2. The summed E-state index contributed by atoms with van der Waals surface area (Å²) in [7, 11) is 0. The Morgan fingerprint density at radius 3 is 2.42 bits per heavy atom. The van der Waals surface area contributed by atoms with Crippen LogP contribution in [0.4, 0.5) is 0 Å². The van der Waals surface area contributed by atoms with Gasteiger partial charge in [0.15, 0.2) is 0 Å². The number of carbonyl (C=O) groups excluding carboxylic acids is 1. The van der Waals surface area contributed by atoms with Gasteiger partial charge in [0.05, 0.1) is 11.8 Å². The molecule has 0 radical (unpaired) electrons. The van der Waals surface area contributed by atoms with Crippen molar-refractivity contribution in [2.75, 3.05) is 19.6 Å². The highest BCUT2D eigenvalue weighted by Gasteiger charge is 2.48. The van der Waals surface area contributed by atoms with Crippen molar-refractivity contribution in [1.82, 2.24) is 10.2 Å². The van der Waals surface area contributed by atoms with Crippen LogP contribution in [0, 0.1) is 11.8 Å². The van der Waals surface area contributed by atoms with Gasteiger partial charge in [-0.2, -0.15) is 0 Å². The first-order valence-corrected chi connectivity index (χ1v) is 7.25. The molecule has 1 amide bonds. The monoisotopic (exact) mass is 270 g/mol. The SMILES string of the molecule is CCN(CC)CCCC(C)NC(=O)[C@@H]1C[C@@H]1C(=O)O. The normalized spacial score (nSPS) is 23.2. The number of amides is 1. The first-order valence-electron chi connectivity index (χ1n) is 7.25. The third-order valence-electron chi connectivity index (χ3n) is 3.84. The van der Waals surface area contributed by atoms with Crippen LogP contribution in [0.25, 0.3) is 0 Å². The quantitative estimate of drug-likeness (QED) is 0.663. The molecule has 1 saturated carbocycles. The Hall–Kier alpha value is -1.10. The maximum atomic E-state index is 11.8. The van der Waals surface area contributed by atoms with Gasteiger partial charge in [-0.25, -0.2) is 0 Å². The lowest BCUT2D eigenvalue weighted by atomic mass is 10.1. The largest absolute Gasteiger partial charge is 0.481 e. The molecule has 5 heteroatoms. The highest BCUT2D eigenvalue weighted by atomic mass is 16.4. The average molecular weight is 270 g/mol. The predicted molar refractivity (Wildman–Crippen MR) is 73.9 cm³/mol. The van der Waals surface area contributed by atoms with Gasteiger partial charge in [0.2, 0.25) is 5.91 Å². The molecule has 0 saturated heterocycles. The number of nitrogens with one attached hydrogen (secondary N) is 1. The third-order valence-corrected chi connectivity index (χ3v) is 3.84. The molecule has 0 heterocycles. The minimum absolute atomic E-state index is 0.0947. The maximum absolute atomic E-state index is 11.8. The number of aliphatic carboxylic acids is 1. The average Bonchev–Trinajstić information content (AvgIpc) is 3.15. The summed E-state index contributed by atoms with van der Waals surface area (Å²) in [6, 6.07) is 0.123. The lowest BCUT2D eigenvalue weighted by Crippen LogP contribution is -2.35. The molecule has 2 N–H and O–H groups in total. The lowest BCUT2D eigenvalue weighted by Gasteiger charge is -2.19. The number of hydrogen-bond acceptors (Lipinski definition) is 3. The first kappa shape index (κ1) is 16.0. The van der Waals surface area contributed by atoms with Crippen molar-refractivity contribution in [2.45, 2.75) is 46.1 Å². The van der Waals surface area contributed by atoms with E-state index in [9.17, 15) is 9.59 Å². The highest BCUT2D eigenvalue weighted by molar-refractivity contribution is 5.89. The Kier molecular flexibility index (Phi) is 6.28. The summed E-state index contributed by atoms with van der Waals surface area (Å²) in [5.41, 5.74) is 0. The molecule has 0 aromatic heterocycles. The molecule has 1 unspecified atom stereocenters. The topological polar surface area (TPSA) is 69.6 Å². The first-order chi connectivity index (χ1) is 8.99. The Morgan fingerprint density at radius 2 is 1.95 bits per heavy atom. The number of nitrogens with zero attached hydrogens (tertiary/aromatic N) is 1. The molecule has 0 bridgehead atoms. The van der Waals surface area contributed by atoms with Crippen LogP contribution in [0.3, 0.4) is 0 Å². The molecular weight excluding hydrogens is 244 g/mol. The van der Waals surface area contributed by atoms with Crippen molar-refractivity contribution in [1.29, 1.82) is 0 Å². The number of hydrogen-bond donors (Lipinski definition) is 2. The molecule has 1 rings (SSSR count). The zero-order valence-electron chi connectivity index (χ0n) is 12.2. The highest BCUT2D eigenvalue weighted by Crippen LogP contribution is 2.38. The van der Waals surface area contributed by atoms with Crippen molar-refractivity contribution >= 4 is 11.9 Å². The van der Waals surface area contributed by atoms with Crippen LogP contribution in [0.5, 0.6) is 0 Å². The van der Waals surface area contributed by atoms with E-state index in [1.807, 2.05) is 6.92 Å². The second-order valence-electron chi connectivity index (χ2n) is 5.37. The standard InChI is InChI=1S/C14H26N2O3/c1-4-16(5-2)8-6-7-10(3)15-13(17)11-9-12(11)14(18)19/h10-12H,4-9H2,1-3H3,(H,15,17)(H,18,19)/t10?,11-,12+/m1/s1. The van der Waals surface area contributed by atoms with Gasteiger partial charge in [-0.05, 0) is 45.8 Å². The minimum Gasteiger partial charge on any atom is -0.481 e. The van der Waals surface area contributed by atoms with Crippen LogP contribution >= 0.6 is 0 Å². The fourth-order valence-electron chi connectivity index (χ4n) is 2.34. The van der Waals surface area contributed by atoms with Gasteiger partial charge in [0, 0.05) is 6.04 Å². The number of carbonyl (C=O) groups is 2. The molecular formula is C14H26N2O3. The molecule has 0 aromatic carbocycles. The van der Waals surface area contributed by atoms with E-state index in [-0.39, 0.29) is 17.9 Å². The van der Waals surface area contributed by atoms with Crippen molar-refractivity contribution in [3.8, 4) is 0 Å². The molecule has 1 aliphatic carbocycles. The Labute approximate surface area is 115 Å². The van der Waals surface area contributed by atoms with Crippen LogP contribution in [-0.4, -0.2) is 47.6 Å². The van der Waals surface area contributed by atoms with E-state index in [2.05, 4.69) is 24.1 Å². The Bertz CT molecular complexity index is 316. The fourth-order valence-corrected chi connectivity index (χ4v) is 2.34. The fraction of sp³-hybridized carbons (Fsp3) is 0.857. The van der Waals surface area contributed by atoms with E-state index in [0.29, 0.717) is 6.42 Å². The summed E-state index contributed by atoms with van der Waals surface area (Å²) < 4.78 is 0. The molecule has 19 heavy (non-hydrogen) atoms. The second kappa shape index (κ2) is 7.48. The van der Waals surface area contributed by atoms with Gasteiger partial charge in [-0.15, -0.1) is 0 Å². The predicted octanol–water partition coefficient (Wildman–Crippen LogP) is 1.33. The molecule has 0 aliphatic heterocycles. The van der Waals surface area contributed by atoms with Gasteiger partial charge in [0.1, 0.15) is 0 Å². The molecule has 3 atom stereocenters. The van der Waals surface area contributed by atoms with Crippen LogP contribution in [0.1, 0.15) is 40.0 Å². The van der Waals surface area contributed by atoms with Gasteiger partial charge in [-0.3, -0.25) is 9.59 Å². The summed E-state index contributed by atoms with van der Waals surface area (Å²) in [6.07, 6.45) is 2.48. The lowest BCUT2D eigenvalue weighted by molar-refractivity contribution is -0.140. The van der Waals surface area contributed by atoms with Crippen molar-refractivity contribution in [3.63, 3.8) is 0 Å². The number of carboxylic acid groups (broad SMARTS) is 1. The van der Waals surface area contributed by atoms with Crippen LogP contribution in [-0.2, 0) is 9.59 Å². The van der Waals surface area contributed by atoms with Crippen LogP contribution < -0.4 is 5.32 Å². The van der Waals surface area contributed by atoms with Crippen molar-refractivity contribution < 1.29 is 14.7 Å². The summed E-state index contributed by atoms with van der Waals surface area (Å²) in [6.45, 7) is 9.44. The van der Waals surface area contributed by atoms with E-state index in [1.165, 1.54) is 0 Å². The zero-order chi connectivity index (χ0) is 14.4. The number of rotatable bonds is 9. The third kappa shape index (κ3) is 5.19. The minimum atomic E-state index is -0.852. The van der Waals surface area contributed by atoms with Crippen LogP contribution in [0.2, 0.25) is 0 Å². The van der Waals surface area contributed by atoms with Crippen molar-refractivity contribution in [3.05, 3.63) is 0 Å². The molecule has 1 fully saturated rings. The summed E-state index contributed by atoms with van der Waals surface area (Å²) in [5, 5.41) is 11.7. The number of carboxylic acids is 1. The van der Waals surface area contributed by atoms with Gasteiger partial charge in [-0.1, -0.05) is 13.8 Å². The summed E-state index contributed by atoms with van der Waals surface area (Å²) in [5.74, 6) is -1.71. The molecule has 0 aromatic rings. The molecule has 1 aliphatic rings. The molecule has 5 nitrogen and oxygen atoms in total. The van der Waals surface area contributed by atoms with E-state index < -0.39 is 11.9 Å². The van der Waals surface area contributed by atoms with E-state index in [4.69, 9.17) is 5.11 Å².